The Hall–Kier alpha value is -4.25. The molecule has 1 atom stereocenters. The fourth-order valence-electron chi connectivity index (χ4n) is 5.25. The van der Waals surface area contributed by atoms with Crippen molar-refractivity contribution in [3.8, 4) is 0 Å². The first-order valence-corrected chi connectivity index (χ1v) is 15.6. The van der Waals surface area contributed by atoms with Crippen LogP contribution in [0.3, 0.4) is 0 Å². The van der Waals surface area contributed by atoms with Crippen molar-refractivity contribution in [2.45, 2.75) is 62.4 Å². The molecule has 3 aromatic carbocycles. The summed E-state index contributed by atoms with van der Waals surface area (Å²) in [7, 11) is -4.24. The molecule has 1 N–H and O–H groups in total. The van der Waals surface area contributed by atoms with Crippen molar-refractivity contribution in [1.82, 2.24) is 10.2 Å². The van der Waals surface area contributed by atoms with Crippen LogP contribution in [0.4, 0.5) is 11.4 Å². The molecular weight excluding hydrogens is 556 g/mol. The molecule has 0 heterocycles. The van der Waals surface area contributed by atoms with Gasteiger partial charge in [-0.05, 0) is 55.5 Å². The lowest BCUT2D eigenvalue weighted by atomic mass is 10.1. The highest BCUT2D eigenvalue weighted by Crippen LogP contribution is 2.27. The van der Waals surface area contributed by atoms with Crippen LogP contribution in [0.5, 0.6) is 0 Å². The van der Waals surface area contributed by atoms with E-state index in [2.05, 4.69) is 5.32 Å². The first kappa shape index (κ1) is 30.7. The average Bonchev–Trinajstić information content (AvgIpc) is 3.51. The monoisotopic (exact) mass is 592 g/mol. The van der Waals surface area contributed by atoms with Gasteiger partial charge in [0.1, 0.15) is 12.6 Å². The van der Waals surface area contributed by atoms with Gasteiger partial charge in [0.25, 0.3) is 15.7 Å². The van der Waals surface area contributed by atoms with Gasteiger partial charge in [-0.15, -0.1) is 0 Å². The normalized spacial score (nSPS) is 14.2. The van der Waals surface area contributed by atoms with Crippen LogP contribution in [-0.4, -0.2) is 55.2 Å². The first-order valence-electron chi connectivity index (χ1n) is 14.2. The fraction of sp³-hybridized carbons (Fsp3) is 0.355. The molecule has 2 amide bonds. The predicted molar refractivity (Wildman–Crippen MR) is 160 cm³/mol. The fourth-order valence-corrected chi connectivity index (χ4v) is 6.69. The molecule has 11 heteroatoms. The molecule has 0 spiro atoms. The number of non-ortho nitro benzene ring substituents is 1. The summed E-state index contributed by atoms with van der Waals surface area (Å²) in [6, 6.07) is 21.5. The van der Waals surface area contributed by atoms with Crippen molar-refractivity contribution in [3.63, 3.8) is 0 Å². The second kappa shape index (κ2) is 14.1. The molecule has 222 valence electrons. The maximum atomic E-state index is 14.1. The summed E-state index contributed by atoms with van der Waals surface area (Å²) in [5.41, 5.74) is 0.871. The highest BCUT2D eigenvalue weighted by atomic mass is 32.2. The molecule has 10 nitrogen and oxygen atoms in total. The lowest BCUT2D eigenvalue weighted by Crippen LogP contribution is -2.54. The number of sulfonamides is 1. The Labute approximate surface area is 246 Å². The van der Waals surface area contributed by atoms with Crippen molar-refractivity contribution in [1.29, 1.82) is 0 Å². The third kappa shape index (κ3) is 7.52. The maximum absolute atomic E-state index is 14.1. The number of carbonyl (C=O) groups excluding carboxylic acids is 2. The van der Waals surface area contributed by atoms with Crippen molar-refractivity contribution in [3.05, 3.63) is 101 Å². The Kier molecular flexibility index (Phi) is 10.3. The minimum atomic E-state index is -4.24. The number of anilines is 1. The summed E-state index contributed by atoms with van der Waals surface area (Å²) in [5, 5.41) is 14.3. The van der Waals surface area contributed by atoms with Gasteiger partial charge in [0, 0.05) is 24.7 Å². The van der Waals surface area contributed by atoms with Gasteiger partial charge in [0.05, 0.1) is 15.5 Å². The van der Waals surface area contributed by atoms with Gasteiger partial charge in [0.2, 0.25) is 11.8 Å². The molecule has 0 unspecified atom stereocenters. The zero-order valence-electron chi connectivity index (χ0n) is 23.6. The van der Waals surface area contributed by atoms with Crippen LogP contribution in [0.15, 0.2) is 89.8 Å². The van der Waals surface area contributed by atoms with Crippen LogP contribution in [0.25, 0.3) is 0 Å². The maximum Gasteiger partial charge on any atom is 0.269 e. The van der Waals surface area contributed by atoms with Gasteiger partial charge in [-0.2, -0.15) is 0 Å². The Balaban J connectivity index is 1.68. The number of nitro groups is 1. The van der Waals surface area contributed by atoms with E-state index in [-0.39, 0.29) is 34.8 Å². The molecule has 0 radical (unpaired) electrons. The smallest absolute Gasteiger partial charge is 0.269 e. The Bertz CT molecular complexity index is 1460. The largest absolute Gasteiger partial charge is 0.352 e. The van der Waals surface area contributed by atoms with E-state index >= 15 is 0 Å². The third-order valence-electron chi connectivity index (χ3n) is 7.53. The SMILES string of the molecule is CC[C@@H](C(=O)NC1CCCC1)N(CCc1ccccc1)C(=O)CN(c1ccc([N+](=O)[O-])cc1)S(=O)(=O)c1ccccc1. The van der Waals surface area contributed by atoms with Crippen molar-refractivity contribution in [2.24, 2.45) is 0 Å². The lowest BCUT2D eigenvalue weighted by molar-refractivity contribution is -0.384. The quantitative estimate of drug-likeness (QED) is 0.226. The van der Waals surface area contributed by atoms with E-state index in [9.17, 15) is 28.1 Å². The van der Waals surface area contributed by atoms with Gasteiger partial charge in [-0.1, -0.05) is 68.3 Å². The van der Waals surface area contributed by atoms with Crippen LogP contribution in [0.2, 0.25) is 0 Å². The number of amides is 2. The van der Waals surface area contributed by atoms with Crippen LogP contribution in [0.1, 0.15) is 44.6 Å². The summed E-state index contributed by atoms with van der Waals surface area (Å²) in [5.74, 6) is -0.796. The zero-order chi connectivity index (χ0) is 30.1. The highest BCUT2D eigenvalue weighted by molar-refractivity contribution is 7.92. The standard InChI is InChI=1S/C31H36N4O6S/c1-2-29(31(37)32-25-13-9-10-14-25)33(22-21-24-11-5-3-6-12-24)30(36)23-34(26-17-19-27(20-18-26)35(38)39)42(40,41)28-15-7-4-8-16-28/h3-8,11-12,15-20,25,29H,2,9-10,13-14,21-23H2,1H3,(H,32,37)/t29-/m0/s1. The summed E-state index contributed by atoms with van der Waals surface area (Å²) >= 11 is 0. The molecule has 0 bridgehead atoms. The summed E-state index contributed by atoms with van der Waals surface area (Å²) < 4.78 is 28.6. The van der Waals surface area contributed by atoms with E-state index in [1.807, 2.05) is 37.3 Å². The van der Waals surface area contributed by atoms with Gasteiger partial charge in [-0.3, -0.25) is 24.0 Å². The first-order chi connectivity index (χ1) is 20.2. The van der Waals surface area contributed by atoms with E-state index in [1.54, 1.807) is 18.2 Å². The van der Waals surface area contributed by atoms with Crippen molar-refractivity contribution in [2.75, 3.05) is 17.4 Å². The van der Waals surface area contributed by atoms with Crippen LogP contribution < -0.4 is 9.62 Å². The number of nitro benzene ring substituents is 1. The predicted octanol–water partition coefficient (Wildman–Crippen LogP) is 4.70. The topological polar surface area (TPSA) is 130 Å². The van der Waals surface area contributed by atoms with Crippen LogP contribution in [0, 0.1) is 10.1 Å². The zero-order valence-corrected chi connectivity index (χ0v) is 24.4. The molecule has 0 saturated heterocycles. The van der Waals surface area contributed by atoms with E-state index in [4.69, 9.17) is 0 Å². The van der Waals surface area contributed by atoms with Crippen molar-refractivity contribution < 1.29 is 22.9 Å². The Morgan fingerprint density at radius 2 is 1.55 bits per heavy atom. The van der Waals surface area contributed by atoms with Crippen LogP contribution in [-0.2, 0) is 26.0 Å². The minimum absolute atomic E-state index is 0.0296. The molecule has 3 aromatic rings. The number of rotatable bonds is 13. The van der Waals surface area contributed by atoms with E-state index in [1.165, 1.54) is 41.3 Å². The Morgan fingerprint density at radius 1 is 0.952 bits per heavy atom. The summed E-state index contributed by atoms with van der Waals surface area (Å²) in [6.07, 6.45) is 4.69. The van der Waals surface area contributed by atoms with E-state index < -0.39 is 33.4 Å². The molecule has 0 aliphatic heterocycles. The molecule has 4 rings (SSSR count). The van der Waals surface area contributed by atoms with Gasteiger partial charge >= 0.3 is 0 Å². The average molecular weight is 593 g/mol. The number of hydrogen-bond donors (Lipinski definition) is 1. The van der Waals surface area contributed by atoms with Gasteiger partial charge < -0.3 is 10.2 Å². The number of benzene rings is 3. The van der Waals surface area contributed by atoms with E-state index in [0.29, 0.717) is 12.8 Å². The minimum Gasteiger partial charge on any atom is -0.352 e. The molecule has 1 aliphatic rings. The van der Waals surface area contributed by atoms with E-state index in [0.717, 1.165) is 35.6 Å². The number of hydrogen-bond acceptors (Lipinski definition) is 6. The number of nitrogens with one attached hydrogen (secondary N) is 1. The summed E-state index contributed by atoms with van der Waals surface area (Å²) in [6.45, 7) is 1.45. The highest BCUT2D eigenvalue weighted by Gasteiger charge is 2.34. The second-order valence-electron chi connectivity index (χ2n) is 10.3. The van der Waals surface area contributed by atoms with Gasteiger partial charge in [0.15, 0.2) is 0 Å². The molecule has 1 fully saturated rings. The molecular formula is C31H36N4O6S. The second-order valence-corrected chi connectivity index (χ2v) is 12.2. The lowest BCUT2D eigenvalue weighted by Gasteiger charge is -2.33. The molecule has 0 aromatic heterocycles. The molecule has 1 aliphatic carbocycles. The summed E-state index contributed by atoms with van der Waals surface area (Å²) in [4.78, 5) is 39.6. The van der Waals surface area contributed by atoms with Gasteiger partial charge in [-0.25, -0.2) is 8.42 Å². The molecule has 42 heavy (non-hydrogen) atoms. The Morgan fingerprint density at radius 3 is 2.12 bits per heavy atom. The number of carbonyl (C=O) groups is 2. The number of nitrogens with zero attached hydrogens (tertiary/aromatic N) is 3. The molecule has 1 saturated carbocycles. The third-order valence-corrected chi connectivity index (χ3v) is 9.32. The van der Waals surface area contributed by atoms with Crippen molar-refractivity contribution >= 4 is 33.2 Å². The van der Waals surface area contributed by atoms with Crippen LogP contribution >= 0.6 is 0 Å².